The maximum absolute atomic E-state index is 13.4. The average molecular weight is 583 g/mol. The standard InChI is InChI=1S/C29H31BrN2O6/c1-5-7-17-10-22-27(23(33)11-17)26(20(14-31)16(3)32-22)18-12-21(30)28(24(13-18)36-6-2)38-15-25-19(8-9-37-25)29(34)35-4/h8-9,12-13,17,26,32H,5-7,10-11,15H2,1-4H3. The van der Waals surface area contributed by atoms with E-state index in [0.29, 0.717) is 51.8 Å². The third-order valence-electron chi connectivity index (χ3n) is 6.89. The zero-order valence-corrected chi connectivity index (χ0v) is 23.6. The number of hydrogen-bond donors (Lipinski definition) is 1. The summed E-state index contributed by atoms with van der Waals surface area (Å²) in [6.07, 6.45) is 4.68. The molecule has 0 bridgehead atoms. The molecule has 4 rings (SSSR count). The Morgan fingerprint density at radius 2 is 2.05 bits per heavy atom. The van der Waals surface area contributed by atoms with Crippen LogP contribution in [0.1, 0.15) is 74.1 Å². The van der Waals surface area contributed by atoms with Gasteiger partial charge in [-0.1, -0.05) is 13.3 Å². The molecule has 0 saturated carbocycles. The number of allylic oxidation sites excluding steroid dienone is 4. The molecule has 2 heterocycles. The van der Waals surface area contributed by atoms with Gasteiger partial charge in [0.2, 0.25) is 0 Å². The lowest BCUT2D eigenvalue weighted by atomic mass is 9.72. The van der Waals surface area contributed by atoms with E-state index < -0.39 is 11.9 Å². The highest BCUT2D eigenvalue weighted by Gasteiger charge is 2.39. The fourth-order valence-corrected chi connectivity index (χ4v) is 5.83. The molecule has 38 heavy (non-hydrogen) atoms. The SMILES string of the molecule is CCCC1CC(=O)C2=C(C1)NC(C)=C(C#N)C2c1cc(Br)c(OCc2occc2C(=O)OC)c(OCC)c1. The zero-order chi connectivity index (χ0) is 27.4. The minimum absolute atomic E-state index is 0.0299. The van der Waals surface area contributed by atoms with Crippen LogP contribution in [-0.2, 0) is 16.1 Å². The van der Waals surface area contributed by atoms with Crippen molar-refractivity contribution in [1.29, 1.82) is 5.26 Å². The second-order valence-electron chi connectivity index (χ2n) is 9.39. The van der Waals surface area contributed by atoms with Crippen LogP contribution >= 0.6 is 15.9 Å². The van der Waals surface area contributed by atoms with Gasteiger partial charge in [-0.3, -0.25) is 4.79 Å². The summed E-state index contributed by atoms with van der Waals surface area (Å²) in [5, 5.41) is 13.4. The first-order valence-electron chi connectivity index (χ1n) is 12.7. The number of benzene rings is 1. The molecule has 0 fully saturated rings. The smallest absolute Gasteiger partial charge is 0.341 e. The van der Waals surface area contributed by atoms with Crippen molar-refractivity contribution in [3.05, 3.63) is 68.4 Å². The molecule has 200 valence electrons. The Balaban J connectivity index is 1.73. The summed E-state index contributed by atoms with van der Waals surface area (Å²) in [7, 11) is 1.30. The van der Waals surface area contributed by atoms with Crippen LogP contribution < -0.4 is 14.8 Å². The molecule has 2 aromatic rings. The van der Waals surface area contributed by atoms with E-state index in [1.165, 1.54) is 19.4 Å². The summed E-state index contributed by atoms with van der Waals surface area (Å²) in [6.45, 7) is 6.21. The number of carbonyl (C=O) groups excluding carboxylic acids is 2. The quantitative estimate of drug-likeness (QED) is 0.342. The summed E-state index contributed by atoms with van der Waals surface area (Å²) >= 11 is 3.61. The Hall–Kier alpha value is -3.51. The molecule has 1 N–H and O–H groups in total. The van der Waals surface area contributed by atoms with Crippen molar-refractivity contribution < 1.29 is 28.2 Å². The minimum atomic E-state index is -0.517. The van der Waals surface area contributed by atoms with Crippen molar-refractivity contribution in [3.63, 3.8) is 0 Å². The summed E-state index contributed by atoms with van der Waals surface area (Å²) in [5.41, 5.74) is 3.86. The van der Waals surface area contributed by atoms with Gasteiger partial charge in [-0.25, -0.2) is 4.79 Å². The van der Waals surface area contributed by atoms with Crippen LogP contribution in [0.3, 0.4) is 0 Å². The molecular formula is C29H31BrN2O6. The lowest BCUT2D eigenvalue weighted by Gasteiger charge is -2.35. The highest BCUT2D eigenvalue weighted by atomic mass is 79.9. The molecule has 9 heteroatoms. The predicted molar refractivity (Wildman–Crippen MR) is 144 cm³/mol. The van der Waals surface area contributed by atoms with Crippen molar-refractivity contribution >= 4 is 27.7 Å². The molecule has 1 aliphatic heterocycles. The number of halogens is 1. The predicted octanol–water partition coefficient (Wildman–Crippen LogP) is 6.32. The van der Waals surface area contributed by atoms with Gasteiger partial charge in [-0.2, -0.15) is 5.26 Å². The van der Waals surface area contributed by atoms with E-state index in [4.69, 9.17) is 18.6 Å². The fraction of sp³-hybridized carbons (Fsp3) is 0.414. The summed E-state index contributed by atoms with van der Waals surface area (Å²) in [5.74, 6) is 0.541. The van der Waals surface area contributed by atoms with Crippen molar-refractivity contribution in [2.75, 3.05) is 13.7 Å². The number of carbonyl (C=O) groups is 2. The van der Waals surface area contributed by atoms with Crippen molar-refractivity contribution in [2.24, 2.45) is 5.92 Å². The third-order valence-corrected chi connectivity index (χ3v) is 7.48. The number of Topliss-reactive ketones (excluding diaryl/α,β-unsaturated/α-hetero) is 1. The van der Waals surface area contributed by atoms with E-state index in [-0.39, 0.29) is 18.0 Å². The number of methoxy groups -OCH3 is 1. The molecule has 0 amide bonds. The number of ether oxygens (including phenoxy) is 3. The average Bonchev–Trinajstić information content (AvgIpc) is 3.35. The molecule has 1 aromatic heterocycles. The van der Waals surface area contributed by atoms with Crippen LogP contribution in [0.2, 0.25) is 0 Å². The van der Waals surface area contributed by atoms with Gasteiger partial charge in [-0.05, 0) is 72.3 Å². The van der Waals surface area contributed by atoms with Crippen LogP contribution in [0.15, 0.2) is 55.9 Å². The summed E-state index contributed by atoms with van der Waals surface area (Å²) in [6, 6.07) is 7.54. The zero-order valence-electron chi connectivity index (χ0n) is 22.0. The molecule has 0 spiro atoms. The fourth-order valence-electron chi connectivity index (χ4n) is 5.25. The number of nitriles is 1. The lowest BCUT2D eigenvalue weighted by molar-refractivity contribution is -0.117. The maximum Gasteiger partial charge on any atom is 0.341 e. The number of nitrogens with zero attached hydrogens (tertiary/aromatic N) is 1. The molecule has 0 saturated heterocycles. The molecule has 1 aromatic carbocycles. The molecule has 2 aliphatic rings. The molecular weight excluding hydrogens is 552 g/mol. The largest absolute Gasteiger partial charge is 0.490 e. The Morgan fingerprint density at radius 1 is 1.26 bits per heavy atom. The van der Waals surface area contributed by atoms with E-state index in [0.717, 1.165) is 36.2 Å². The monoisotopic (exact) mass is 582 g/mol. The number of ketones is 1. The highest BCUT2D eigenvalue weighted by molar-refractivity contribution is 9.10. The van der Waals surface area contributed by atoms with E-state index >= 15 is 0 Å². The van der Waals surface area contributed by atoms with Crippen molar-refractivity contribution in [1.82, 2.24) is 5.32 Å². The van der Waals surface area contributed by atoms with Crippen LogP contribution in [0, 0.1) is 17.2 Å². The van der Waals surface area contributed by atoms with Crippen LogP contribution in [-0.4, -0.2) is 25.5 Å². The van der Waals surface area contributed by atoms with Gasteiger partial charge in [0, 0.05) is 23.4 Å². The molecule has 2 atom stereocenters. The van der Waals surface area contributed by atoms with E-state index in [1.807, 2.05) is 26.0 Å². The number of furan rings is 1. The molecule has 2 unspecified atom stereocenters. The Kier molecular flexibility index (Phi) is 8.62. The van der Waals surface area contributed by atoms with E-state index in [1.54, 1.807) is 0 Å². The van der Waals surface area contributed by atoms with Crippen LogP contribution in [0.5, 0.6) is 11.5 Å². The van der Waals surface area contributed by atoms with Gasteiger partial charge < -0.3 is 23.9 Å². The van der Waals surface area contributed by atoms with Crippen molar-refractivity contribution in [3.8, 4) is 17.6 Å². The Morgan fingerprint density at radius 3 is 2.74 bits per heavy atom. The van der Waals surface area contributed by atoms with Gasteiger partial charge in [-0.15, -0.1) is 0 Å². The van der Waals surface area contributed by atoms with Crippen molar-refractivity contribution in [2.45, 2.75) is 59.0 Å². The van der Waals surface area contributed by atoms with Gasteiger partial charge in [0.1, 0.15) is 12.2 Å². The van der Waals surface area contributed by atoms with E-state index in [2.05, 4.69) is 34.2 Å². The third kappa shape index (κ3) is 5.37. The first-order chi connectivity index (χ1) is 18.3. The van der Waals surface area contributed by atoms with Gasteiger partial charge in [0.25, 0.3) is 0 Å². The number of dihydropyridines is 1. The maximum atomic E-state index is 13.4. The van der Waals surface area contributed by atoms with Gasteiger partial charge in [0.05, 0.1) is 42.0 Å². The molecule has 0 radical (unpaired) electrons. The van der Waals surface area contributed by atoms with Crippen LogP contribution in [0.4, 0.5) is 0 Å². The number of hydrogen-bond acceptors (Lipinski definition) is 8. The number of rotatable bonds is 9. The minimum Gasteiger partial charge on any atom is -0.490 e. The van der Waals surface area contributed by atoms with E-state index in [9.17, 15) is 14.9 Å². The normalized spacial score (nSPS) is 19.0. The van der Waals surface area contributed by atoms with Gasteiger partial charge in [0.15, 0.2) is 23.0 Å². The summed E-state index contributed by atoms with van der Waals surface area (Å²) in [4.78, 5) is 25.4. The highest BCUT2D eigenvalue weighted by Crippen LogP contribution is 2.47. The van der Waals surface area contributed by atoms with Gasteiger partial charge >= 0.3 is 5.97 Å². The van der Waals surface area contributed by atoms with Crippen LogP contribution in [0.25, 0.3) is 0 Å². The topological polar surface area (TPSA) is 111 Å². The second-order valence-corrected chi connectivity index (χ2v) is 10.2. The first kappa shape index (κ1) is 27.5. The number of esters is 1. The second kappa shape index (κ2) is 11.9. The molecule has 8 nitrogen and oxygen atoms in total. The Bertz CT molecular complexity index is 1350. The lowest BCUT2D eigenvalue weighted by Crippen LogP contribution is -2.34. The summed E-state index contributed by atoms with van der Waals surface area (Å²) < 4.78 is 22.8. The molecule has 1 aliphatic carbocycles. The number of nitrogens with one attached hydrogen (secondary N) is 1. The Labute approximate surface area is 230 Å². The first-order valence-corrected chi connectivity index (χ1v) is 13.5.